The van der Waals surface area contributed by atoms with E-state index in [-0.39, 0.29) is 29.5 Å². The quantitative estimate of drug-likeness (QED) is 0.511. The molecule has 0 saturated carbocycles. The molecule has 202 valence electrons. The van der Waals surface area contributed by atoms with Gasteiger partial charge in [0.05, 0.1) is 18.0 Å². The second-order valence-corrected chi connectivity index (χ2v) is 9.86. The molecule has 3 heterocycles. The average Bonchev–Trinajstić information content (AvgIpc) is 2.81. The van der Waals surface area contributed by atoms with Gasteiger partial charge in [0, 0.05) is 30.5 Å². The number of nitrogens with one attached hydrogen (secondary N) is 1. The number of halogens is 3. The predicted octanol–water partition coefficient (Wildman–Crippen LogP) is 4.09. The summed E-state index contributed by atoms with van der Waals surface area (Å²) in [6.45, 7) is 6.19. The number of aromatic nitrogens is 2. The molecule has 0 aliphatic carbocycles. The molecular formula is C26H33F3N4O4. The molecule has 0 radical (unpaired) electrons. The van der Waals surface area contributed by atoms with Gasteiger partial charge in [-0.2, -0.15) is 18.2 Å². The lowest BCUT2D eigenvalue weighted by atomic mass is 9.98. The number of amides is 1. The number of anilines is 1. The van der Waals surface area contributed by atoms with Crippen molar-refractivity contribution in [3.8, 4) is 5.88 Å². The van der Waals surface area contributed by atoms with Crippen LogP contribution in [0.1, 0.15) is 73.4 Å². The van der Waals surface area contributed by atoms with Crippen LogP contribution in [0.15, 0.2) is 24.3 Å². The largest absolute Gasteiger partial charge is 0.468 e. The second-order valence-electron chi connectivity index (χ2n) is 9.86. The van der Waals surface area contributed by atoms with Gasteiger partial charge in [-0.25, -0.2) is 0 Å². The molecule has 0 bridgehead atoms. The van der Waals surface area contributed by atoms with Crippen molar-refractivity contribution in [2.45, 2.75) is 71.2 Å². The van der Waals surface area contributed by atoms with E-state index in [1.807, 2.05) is 4.90 Å². The van der Waals surface area contributed by atoms with E-state index in [0.29, 0.717) is 24.5 Å². The zero-order valence-electron chi connectivity index (χ0n) is 21.5. The van der Waals surface area contributed by atoms with Crippen molar-refractivity contribution in [1.29, 1.82) is 0 Å². The smallest absolute Gasteiger partial charge is 0.422 e. The lowest BCUT2D eigenvalue weighted by molar-refractivity contribution is -0.154. The van der Waals surface area contributed by atoms with Crippen LogP contribution in [0.3, 0.4) is 0 Å². The highest BCUT2D eigenvalue weighted by atomic mass is 19.4. The van der Waals surface area contributed by atoms with E-state index in [0.717, 1.165) is 24.8 Å². The van der Waals surface area contributed by atoms with E-state index in [2.05, 4.69) is 15.3 Å². The number of carbonyl (C=O) groups is 2. The predicted molar refractivity (Wildman–Crippen MR) is 132 cm³/mol. The Balaban J connectivity index is 1.82. The maximum Gasteiger partial charge on any atom is 0.422 e. The van der Waals surface area contributed by atoms with Gasteiger partial charge in [-0.1, -0.05) is 0 Å². The number of pyridine rings is 2. The van der Waals surface area contributed by atoms with Gasteiger partial charge < -0.3 is 20.1 Å². The lowest BCUT2D eigenvalue weighted by Gasteiger charge is -2.29. The van der Waals surface area contributed by atoms with Crippen LogP contribution < -0.4 is 15.0 Å². The maximum absolute atomic E-state index is 13.3. The van der Waals surface area contributed by atoms with E-state index < -0.39 is 30.3 Å². The molecule has 1 atom stereocenters. The first-order chi connectivity index (χ1) is 17.2. The Morgan fingerprint density at radius 1 is 1.14 bits per heavy atom. The van der Waals surface area contributed by atoms with Gasteiger partial charge in [0.2, 0.25) is 5.88 Å². The van der Waals surface area contributed by atoms with Gasteiger partial charge >= 0.3 is 6.18 Å². The van der Waals surface area contributed by atoms with Crippen molar-refractivity contribution in [1.82, 2.24) is 15.3 Å². The van der Waals surface area contributed by atoms with Gasteiger partial charge in [0.15, 0.2) is 12.4 Å². The summed E-state index contributed by atoms with van der Waals surface area (Å²) in [5.41, 5.74) is 0.594. The van der Waals surface area contributed by atoms with E-state index in [4.69, 9.17) is 4.74 Å². The summed E-state index contributed by atoms with van der Waals surface area (Å²) in [6, 6.07) is 5.71. The number of aryl methyl sites for hydroxylation is 1. The summed E-state index contributed by atoms with van der Waals surface area (Å²) in [6.07, 6.45) is -1.76. The fourth-order valence-electron chi connectivity index (χ4n) is 4.04. The minimum Gasteiger partial charge on any atom is -0.468 e. The maximum atomic E-state index is 13.3. The van der Waals surface area contributed by atoms with Crippen molar-refractivity contribution in [3.05, 3.63) is 46.8 Å². The number of rotatable bonds is 9. The van der Waals surface area contributed by atoms with Gasteiger partial charge in [0.1, 0.15) is 11.4 Å². The summed E-state index contributed by atoms with van der Waals surface area (Å²) in [5, 5.41) is 12.9. The van der Waals surface area contributed by atoms with Crippen molar-refractivity contribution in [2.24, 2.45) is 0 Å². The highest BCUT2D eigenvalue weighted by Gasteiger charge is 2.30. The SMILES string of the molecule is Cc1cc(C(C)NC(=O)c2ccc(OCC(F)(F)F)nc2N2CCCCC2)cc(CC(=O)C(C)(C)O)n1. The Hall–Kier alpha value is -3.21. The van der Waals surface area contributed by atoms with E-state index in [1.54, 1.807) is 26.0 Å². The van der Waals surface area contributed by atoms with Gasteiger partial charge in [-0.05, 0) is 70.7 Å². The highest BCUT2D eigenvalue weighted by molar-refractivity contribution is 5.99. The minimum atomic E-state index is -4.50. The number of carbonyl (C=O) groups excluding carboxylic acids is 2. The third-order valence-electron chi connectivity index (χ3n) is 6.03. The molecule has 3 rings (SSSR count). The Morgan fingerprint density at radius 2 is 1.81 bits per heavy atom. The van der Waals surface area contributed by atoms with Crippen LogP contribution >= 0.6 is 0 Å². The molecule has 0 spiro atoms. The number of ether oxygens (including phenoxy) is 1. The summed E-state index contributed by atoms with van der Waals surface area (Å²) in [7, 11) is 0. The standard InChI is InChI=1S/C26H33F3N4O4/c1-16-12-18(13-19(30-16)14-21(34)25(3,4)36)17(2)31-24(35)20-8-9-22(37-15-26(27,28)29)32-23(20)33-10-6-5-7-11-33/h8-9,12-13,17,36H,5-7,10-11,14-15H2,1-4H3,(H,31,35). The Labute approximate surface area is 214 Å². The molecule has 1 saturated heterocycles. The molecular weight excluding hydrogens is 489 g/mol. The first kappa shape index (κ1) is 28.4. The molecule has 2 aromatic heterocycles. The molecule has 1 aliphatic heterocycles. The van der Waals surface area contributed by atoms with Crippen LogP contribution in [0.5, 0.6) is 5.88 Å². The third kappa shape index (κ3) is 8.14. The summed E-state index contributed by atoms with van der Waals surface area (Å²) < 4.78 is 42.7. The molecule has 8 nitrogen and oxygen atoms in total. The van der Waals surface area contributed by atoms with Crippen molar-refractivity contribution >= 4 is 17.5 Å². The van der Waals surface area contributed by atoms with Crippen LogP contribution in [0.4, 0.5) is 19.0 Å². The summed E-state index contributed by atoms with van der Waals surface area (Å²) in [4.78, 5) is 36.1. The monoisotopic (exact) mass is 522 g/mol. The number of piperidine rings is 1. The fourth-order valence-corrected chi connectivity index (χ4v) is 4.04. The van der Waals surface area contributed by atoms with E-state index >= 15 is 0 Å². The molecule has 0 aromatic carbocycles. The lowest BCUT2D eigenvalue weighted by Crippen LogP contribution is -2.34. The van der Waals surface area contributed by atoms with Crippen molar-refractivity contribution in [3.63, 3.8) is 0 Å². The van der Waals surface area contributed by atoms with Crippen molar-refractivity contribution < 1.29 is 32.6 Å². The van der Waals surface area contributed by atoms with E-state index in [1.165, 1.54) is 26.0 Å². The molecule has 1 amide bonds. The summed E-state index contributed by atoms with van der Waals surface area (Å²) in [5.74, 6) is -0.732. The molecule has 2 N–H and O–H groups in total. The van der Waals surface area contributed by atoms with Gasteiger partial charge in [0.25, 0.3) is 5.91 Å². The normalized spacial score (nSPS) is 15.3. The van der Waals surface area contributed by atoms with Gasteiger partial charge in [-0.15, -0.1) is 0 Å². The number of nitrogens with zero attached hydrogens (tertiary/aromatic N) is 3. The van der Waals surface area contributed by atoms with Crippen LogP contribution in [0, 0.1) is 6.92 Å². The first-order valence-corrected chi connectivity index (χ1v) is 12.2. The Morgan fingerprint density at radius 3 is 2.43 bits per heavy atom. The van der Waals surface area contributed by atoms with Gasteiger partial charge in [-0.3, -0.25) is 14.6 Å². The zero-order chi connectivity index (χ0) is 27.4. The number of ketones is 1. The number of hydrogen-bond acceptors (Lipinski definition) is 7. The first-order valence-electron chi connectivity index (χ1n) is 12.2. The Kier molecular flexibility index (Phi) is 8.78. The second kappa shape index (κ2) is 11.5. The number of hydrogen-bond donors (Lipinski definition) is 2. The van der Waals surface area contributed by atoms with Crippen molar-refractivity contribution in [2.75, 3.05) is 24.6 Å². The molecule has 11 heteroatoms. The number of alkyl halides is 3. The fraction of sp³-hybridized carbons (Fsp3) is 0.538. The van der Waals surface area contributed by atoms with Crippen LogP contribution in [0.25, 0.3) is 0 Å². The summed E-state index contributed by atoms with van der Waals surface area (Å²) >= 11 is 0. The minimum absolute atomic E-state index is 0.0543. The topological polar surface area (TPSA) is 105 Å². The molecule has 1 aliphatic rings. The molecule has 1 unspecified atom stereocenters. The molecule has 1 fully saturated rings. The Bertz CT molecular complexity index is 1130. The molecule has 37 heavy (non-hydrogen) atoms. The van der Waals surface area contributed by atoms with Crippen LogP contribution in [-0.2, 0) is 11.2 Å². The van der Waals surface area contributed by atoms with E-state index in [9.17, 15) is 27.9 Å². The molecule has 2 aromatic rings. The highest BCUT2D eigenvalue weighted by Crippen LogP contribution is 2.27. The number of aliphatic hydroxyl groups is 1. The zero-order valence-corrected chi connectivity index (χ0v) is 21.5. The van der Waals surface area contributed by atoms with Crippen LogP contribution in [0.2, 0.25) is 0 Å². The van der Waals surface area contributed by atoms with Crippen LogP contribution in [-0.4, -0.2) is 58.2 Å². The number of Topliss-reactive ketones (excluding diaryl/α,β-unsaturated/α-hetero) is 1. The third-order valence-corrected chi connectivity index (χ3v) is 6.03. The average molecular weight is 523 g/mol.